The number of hydrogen-bond acceptors (Lipinski definition) is 0. The molecule has 0 aliphatic heterocycles. The summed E-state index contributed by atoms with van der Waals surface area (Å²) in [5.41, 5.74) is 11.1. The molecule has 1 heterocycles. The summed E-state index contributed by atoms with van der Waals surface area (Å²) in [6.07, 6.45) is 0. The van der Waals surface area contributed by atoms with E-state index in [1.165, 1.54) is 80.3 Å². The fourth-order valence-electron chi connectivity index (χ4n) is 7.22. The van der Waals surface area contributed by atoms with Crippen LogP contribution in [-0.4, -0.2) is 4.57 Å². The van der Waals surface area contributed by atoms with Crippen LogP contribution in [0, 0.1) is 3.57 Å². The number of benzene rings is 8. The van der Waals surface area contributed by atoms with E-state index in [9.17, 15) is 0 Å². The van der Waals surface area contributed by atoms with Crippen molar-refractivity contribution in [1.29, 1.82) is 0 Å². The zero-order chi connectivity index (χ0) is 30.6. The van der Waals surface area contributed by atoms with Crippen molar-refractivity contribution in [2.75, 3.05) is 0 Å². The molecule has 1 nitrogen and oxygen atoms in total. The maximum Gasteiger partial charge on any atom is 0.0541 e. The number of hydrogen-bond donors (Lipinski definition) is 0. The molecule has 0 unspecified atom stereocenters. The Bertz CT molecular complexity index is 2560. The van der Waals surface area contributed by atoms with Crippen molar-refractivity contribution in [3.8, 4) is 39.1 Å². The smallest absolute Gasteiger partial charge is 0.0541 e. The van der Waals surface area contributed by atoms with Gasteiger partial charge in [-0.3, -0.25) is 0 Å². The molecule has 0 bridgehead atoms. The van der Waals surface area contributed by atoms with Gasteiger partial charge < -0.3 is 4.57 Å². The average molecular weight is 698 g/mol. The molecule has 216 valence electrons. The number of aromatic nitrogens is 1. The van der Waals surface area contributed by atoms with Crippen molar-refractivity contribution in [1.82, 2.24) is 4.57 Å². The number of rotatable bonds is 4. The lowest BCUT2D eigenvalue weighted by Gasteiger charge is -2.18. The lowest BCUT2D eigenvalue weighted by Crippen LogP contribution is -1.95. The van der Waals surface area contributed by atoms with Gasteiger partial charge in [0.25, 0.3) is 0 Å². The molecule has 9 aromatic rings. The molecule has 0 N–H and O–H groups in total. The summed E-state index contributed by atoms with van der Waals surface area (Å²) in [5.74, 6) is 0. The quantitative estimate of drug-likeness (QED) is 0.127. The highest BCUT2D eigenvalue weighted by Gasteiger charge is 2.18. The minimum absolute atomic E-state index is 1.16. The van der Waals surface area contributed by atoms with Crippen LogP contribution < -0.4 is 0 Å². The molecule has 0 saturated heterocycles. The summed E-state index contributed by atoms with van der Waals surface area (Å²) in [5, 5.41) is 7.64. The monoisotopic (exact) mass is 697 g/mol. The van der Waals surface area contributed by atoms with E-state index in [4.69, 9.17) is 0 Å². The molecule has 0 aliphatic rings. The van der Waals surface area contributed by atoms with Gasteiger partial charge in [-0.2, -0.15) is 0 Å². The molecule has 0 aliphatic carbocycles. The molecule has 0 amide bonds. The van der Waals surface area contributed by atoms with Crippen molar-refractivity contribution < 1.29 is 0 Å². The topological polar surface area (TPSA) is 4.93 Å². The number of para-hydroxylation sites is 1. The third kappa shape index (κ3) is 4.36. The van der Waals surface area contributed by atoms with Gasteiger partial charge >= 0.3 is 0 Å². The average Bonchev–Trinajstić information content (AvgIpc) is 3.45. The lowest BCUT2D eigenvalue weighted by atomic mass is 9.86. The van der Waals surface area contributed by atoms with E-state index in [-0.39, 0.29) is 0 Å². The van der Waals surface area contributed by atoms with Crippen LogP contribution in [0.1, 0.15) is 0 Å². The van der Waals surface area contributed by atoms with Gasteiger partial charge in [0.15, 0.2) is 0 Å². The molecule has 0 saturated carbocycles. The molecular formula is C44H28IN. The van der Waals surface area contributed by atoms with Crippen molar-refractivity contribution in [3.05, 3.63) is 173 Å². The zero-order valence-electron chi connectivity index (χ0n) is 25.0. The predicted octanol–water partition coefficient (Wildman–Crippen LogP) is 12.7. The van der Waals surface area contributed by atoms with Crippen molar-refractivity contribution in [2.45, 2.75) is 0 Å². The SMILES string of the molecule is Ic1ccc2c(-c3ccc(-n4c5ccccc5c5cc(-c6ccccc6)ccc54)cc3)c3ccccc3c(-c3ccccc3)c2c1. The maximum atomic E-state index is 2.44. The van der Waals surface area contributed by atoms with Crippen LogP contribution >= 0.6 is 22.6 Å². The second-order valence-electron chi connectivity index (χ2n) is 11.8. The molecule has 0 fully saturated rings. The van der Waals surface area contributed by atoms with E-state index in [1.54, 1.807) is 0 Å². The summed E-state index contributed by atoms with van der Waals surface area (Å²) >= 11 is 2.44. The van der Waals surface area contributed by atoms with Crippen LogP contribution in [0.5, 0.6) is 0 Å². The molecule has 8 aromatic carbocycles. The van der Waals surface area contributed by atoms with Gasteiger partial charge in [0, 0.05) is 20.0 Å². The molecule has 46 heavy (non-hydrogen) atoms. The first kappa shape index (κ1) is 27.1. The van der Waals surface area contributed by atoms with Gasteiger partial charge in [0.2, 0.25) is 0 Å². The Balaban J connectivity index is 1.25. The fraction of sp³-hybridized carbons (Fsp3) is 0. The third-order valence-corrected chi connectivity index (χ3v) is 9.91. The standard InChI is InChI=1S/C44H28IN/c45-33-22-25-38-40(28-33)44(30-13-5-2-6-14-30)37-17-8-7-16-36(37)43(38)31-19-23-34(24-20-31)46-41-18-10-9-15-35(41)39-27-32(21-26-42(39)46)29-11-3-1-4-12-29/h1-28H. The van der Waals surface area contributed by atoms with E-state index in [0.717, 1.165) is 5.69 Å². The second kappa shape index (κ2) is 11.0. The Kier molecular flexibility index (Phi) is 6.50. The van der Waals surface area contributed by atoms with Crippen LogP contribution in [0.2, 0.25) is 0 Å². The van der Waals surface area contributed by atoms with E-state index in [0.29, 0.717) is 0 Å². The Morgan fingerprint density at radius 2 is 0.848 bits per heavy atom. The van der Waals surface area contributed by atoms with Crippen LogP contribution in [0.25, 0.3) is 82.4 Å². The zero-order valence-corrected chi connectivity index (χ0v) is 27.1. The first-order valence-corrected chi connectivity index (χ1v) is 16.7. The summed E-state index contributed by atoms with van der Waals surface area (Å²) < 4.78 is 3.64. The van der Waals surface area contributed by atoms with Crippen LogP contribution in [0.15, 0.2) is 170 Å². The van der Waals surface area contributed by atoms with Gasteiger partial charge in [-0.15, -0.1) is 0 Å². The highest BCUT2D eigenvalue weighted by molar-refractivity contribution is 14.1. The second-order valence-corrected chi connectivity index (χ2v) is 13.1. The lowest BCUT2D eigenvalue weighted by molar-refractivity contribution is 1.18. The Morgan fingerprint density at radius 3 is 1.57 bits per heavy atom. The van der Waals surface area contributed by atoms with Gasteiger partial charge in [-0.05, 0) is 120 Å². The third-order valence-electron chi connectivity index (χ3n) is 9.24. The molecule has 0 radical (unpaired) electrons. The number of halogens is 1. The molecule has 9 rings (SSSR count). The summed E-state index contributed by atoms with van der Waals surface area (Å²) in [7, 11) is 0. The maximum absolute atomic E-state index is 2.44. The summed E-state index contributed by atoms with van der Waals surface area (Å²) in [4.78, 5) is 0. The largest absolute Gasteiger partial charge is 0.309 e. The fourth-order valence-corrected chi connectivity index (χ4v) is 7.71. The molecule has 1 aromatic heterocycles. The highest BCUT2D eigenvalue weighted by Crippen LogP contribution is 2.44. The minimum atomic E-state index is 1.16. The van der Waals surface area contributed by atoms with Gasteiger partial charge in [-0.25, -0.2) is 0 Å². The molecule has 2 heteroatoms. The summed E-state index contributed by atoms with van der Waals surface area (Å²) in [6.45, 7) is 0. The van der Waals surface area contributed by atoms with E-state index in [2.05, 4.69) is 197 Å². The Hall–Kier alpha value is -5.19. The van der Waals surface area contributed by atoms with Crippen LogP contribution in [0.3, 0.4) is 0 Å². The van der Waals surface area contributed by atoms with Crippen LogP contribution in [0.4, 0.5) is 0 Å². The van der Waals surface area contributed by atoms with Crippen molar-refractivity contribution in [3.63, 3.8) is 0 Å². The van der Waals surface area contributed by atoms with Gasteiger partial charge in [0.1, 0.15) is 0 Å². The minimum Gasteiger partial charge on any atom is -0.309 e. The van der Waals surface area contributed by atoms with E-state index >= 15 is 0 Å². The molecular weight excluding hydrogens is 669 g/mol. The predicted molar refractivity (Wildman–Crippen MR) is 205 cm³/mol. The number of nitrogens with zero attached hydrogens (tertiary/aromatic N) is 1. The molecule has 0 atom stereocenters. The van der Waals surface area contributed by atoms with Crippen LogP contribution in [-0.2, 0) is 0 Å². The van der Waals surface area contributed by atoms with E-state index in [1.807, 2.05) is 0 Å². The van der Waals surface area contributed by atoms with Gasteiger partial charge in [-0.1, -0.05) is 127 Å². The van der Waals surface area contributed by atoms with Gasteiger partial charge in [0.05, 0.1) is 11.0 Å². The molecule has 0 spiro atoms. The first-order chi connectivity index (χ1) is 22.7. The Morgan fingerprint density at radius 1 is 0.326 bits per heavy atom. The summed E-state index contributed by atoms with van der Waals surface area (Å²) in [6, 6.07) is 62.0. The number of fused-ring (bicyclic) bond motifs is 5. The first-order valence-electron chi connectivity index (χ1n) is 15.6. The van der Waals surface area contributed by atoms with Crippen molar-refractivity contribution >= 4 is 65.9 Å². The Labute approximate surface area is 281 Å². The van der Waals surface area contributed by atoms with E-state index < -0.39 is 0 Å². The highest BCUT2D eigenvalue weighted by atomic mass is 127. The normalized spacial score (nSPS) is 11.6. The van der Waals surface area contributed by atoms with Crippen molar-refractivity contribution in [2.24, 2.45) is 0 Å².